The highest BCUT2D eigenvalue weighted by Gasteiger charge is 2.17. The van der Waals surface area contributed by atoms with Crippen LogP contribution in [0.25, 0.3) is 0 Å². The van der Waals surface area contributed by atoms with E-state index < -0.39 is 11.4 Å². The maximum Gasteiger partial charge on any atom is 0.350 e. The van der Waals surface area contributed by atoms with Crippen molar-refractivity contribution in [1.29, 1.82) is 0 Å². The fourth-order valence-electron chi connectivity index (χ4n) is 1.92. The zero-order valence-electron chi connectivity index (χ0n) is 11.1. The molecule has 5 nitrogen and oxygen atoms in total. The molecule has 1 aromatic heterocycles. The van der Waals surface area contributed by atoms with Crippen LogP contribution in [0.15, 0.2) is 39.5 Å². The predicted molar refractivity (Wildman–Crippen MR) is 74.9 cm³/mol. The van der Waals surface area contributed by atoms with Crippen LogP contribution in [0, 0.1) is 6.92 Å². The van der Waals surface area contributed by atoms with E-state index in [9.17, 15) is 14.7 Å². The number of Topliss-reactive ketones (excluding diaryl/α,β-unsaturated/α-hetero) is 1. The summed E-state index contributed by atoms with van der Waals surface area (Å²) >= 11 is 0. The second-order valence-corrected chi connectivity index (χ2v) is 4.57. The Labute approximate surface area is 115 Å². The van der Waals surface area contributed by atoms with E-state index in [-0.39, 0.29) is 23.5 Å². The van der Waals surface area contributed by atoms with Gasteiger partial charge in [-0.15, -0.1) is 0 Å². The molecule has 0 aliphatic rings. The van der Waals surface area contributed by atoms with Crippen LogP contribution in [0.5, 0.6) is 5.75 Å². The first-order valence-corrected chi connectivity index (χ1v) is 6.18. The van der Waals surface area contributed by atoms with Crippen LogP contribution in [0.2, 0.25) is 0 Å². The maximum absolute atomic E-state index is 12.0. The quantitative estimate of drug-likeness (QED) is 0.657. The van der Waals surface area contributed by atoms with Crippen molar-refractivity contribution in [1.82, 2.24) is 0 Å². The van der Waals surface area contributed by atoms with Crippen LogP contribution in [0.1, 0.15) is 28.1 Å². The number of hydrogen-bond acceptors (Lipinski definition) is 5. The van der Waals surface area contributed by atoms with Gasteiger partial charge in [0.1, 0.15) is 17.1 Å². The summed E-state index contributed by atoms with van der Waals surface area (Å²) in [6.07, 6.45) is 0.581. The second kappa shape index (κ2) is 5.61. The SMILES string of the molecule is Cc1cc(O)c(C(=O)CCc2ccc(N)cc2)c(=O)o1. The molecule has 0 atom stereocenters. The number of nitrogen functional groups attached to an aromatic ring is 1. The van der Waals surface area contributed by atoms with E-state index in [1.54, 1.807) is 12.1 Å². The smallest absolute Gasteiger partial charge is 0.350 e. The summed E-state index contributed by atoms with van der Waals surface area (Å²) < 4.78 is 4.83. The molecule has 0 bridgehead atoms. The minimum absolute atomic E-state index is 0.116. The van der Waals surface area contributed by atoms with Gasteiger partial charge in [0, 0.05) is 18.2 Å². The maximum atomic E-state index is 12.0. The number of carbonyl (C=O) groups excluding carboxylic acids is 1. The lowest BCUT2D eigenvalue weighted by Gasteiger charge is -2.04. The van der Waals surface area contributed by atoms with E-state index in [1.807, 2.05) is 12.1 Å². The van der Waals surface area contributed by atoms with Gasteiger partial charge in [-0.25, -0.2) is 4.79 Å². The first-order valence-electron chi connectivity index (χ1n) is 6.18. The number of rotatable bonds is 4. The molecule has 0 aliphatic heterocycles. The van der Waals surface area contributed by atoms with Gasteiger partial charge in [0.05, 0.1) is 0 Å². The minimum atomic E-state index is -0.801. The summed E-state index contributed by atoms with van der Waals surface area (Å²) in [5, 5.41) is 9.68. The number of nitrogens with two attached hydrogens (primary N) is 1. The number of ketones is 1. The van der Waals surface area contributed by atoms with Crippen molar-refractivity contribution in [3.8, 4) is 5.75 Å². The Hall–Kier alpha value is -2.56. The Balaban J connectivity index is 2.13. The molecule has 104 valence electrons. The summed E-state index contributed by atoms with van der Waals surface area (Å²) in [4.78, 5) is 23.6. The standard InChI is InChI=1S/C15H15NO4/c1-9-8-13(18)14(15(19)20-9)12(17)7-4-10-2-5-11(16)6-3-10/h2-3,5-6,8,18H,4,7,16H2,1H3. The molecule has 0 amide bonds. The van der Waals surface area contributed by atoms with E-state index in [1.165, 1.54) is 13.0 Å². The lowest BCUT2D eigenvalue weighted by atomic mass is 10.0. The van der Waals surface area contributed by atoms with Crippen LogP contribution in [-0.4, -0.2) is 10.9 Å². The van der Waals surface area contributed by atoms with E-state index in [0.717, 1.165) is 5.56 Å². The Morgan fingerprint density at radius 1 is 1.30 bits per heavy atom. The van der Waals surface area contributed by atoms with Gasteiger partial charge < -0.3 is 15.3 Å². The summed E-state index contributed by atoms with van der Waals surface area (Å²) in [6.45, 7) is 1.53. The predicted octanol–water partition coefficient (Wildman–Crippen LogP) is 2.05. The van der Waals surface area contributed by atoms with Crippen molar-refractivity contribution in [3.63, 3.8) is 0 Å². The minimum Gasteiger partial charge on any atom is -0.507 e. The van der Waals surface area contributed by atoms with Gasteiger partial charge >= 0.3 is 5.63 Å². The Bertz CT molecular complexity index is 686. The van der Waals surface area contributed by atoms with Gasteiger partial charge in [-0.1, -0.05) is 12.1 Å². The molecule has 20 heavy (non-hydrogen) atoms. The van der Waals surface area contributed by atoms with Crippen molar-refractivity contribution in [2.24, 2.45) is 0 Å². The molecule has 0 unspecified atom stereocenters. The molecule has 0 aliphatic carbocycles. The lowest BCUT2D eigenvalue weighted by molar-refractivity contribution is 0.0975. The Morgan fingerprint density at radius 2 is 1.95 bits per heavy atom. The van der Waals surface area contributed by atoms with Crippen molar-refractivity contribution in [2.45, 2.75) is 19.8 Å². The molecule has 1 heterocycles. The molecule has 0 radical (unpaired) electrons. The van der Waals surface area contributed by atoms with Crippen molar-refractivity contribution in [3.05, 3.63) is 57.6 Å². The molecule has 2 rings (SSSR count). The summed E-state index contributed by atoms with van der Waals surface area (Å²) in [7, 11) is 0. The van der Waals surface area contributed by atoms with Gasteiger partial charge in [0.2, 0.25) is 0 Å². The third kappa shape index (κ3) is 3.06. The summed E-state index contributed by atoms with van der Waals surface area (Å²) in [5.74, 6) is -0.503. The van der Waals surface area contributed by atoms with Crippen molar-refractivity contribution >= 4 is 11.5 Å². The van der Waals surface area contributed by atoms with Gasteiger partial charge in [0.15, 0.2) is 5.78 Å². The van der Waals surface area contributed by atoms with Crippen LogP contribution in [-0.2, 0) is 6.42 Å². The topological polar surface area (TPSA) is 93.5 Å². The number of benzene rings is 1. The largest absolute Gasteiger partial charge is 0.507 e. The Morgan fingerprint density at radius 3 is 2.55 bits per heavy atom. The van der Waals surface area contributed by atoms with Crippen LogP contribution in [0.3, 0.4) is 0 Å². The van der Waals surface area contributed by atoms with E-state index >= 15 is 0 Å². The molecular formula is C15H15NO4. The fourth-order valence-corrected chi connectivity index (χ4v) is 1.92. The molecule has 5 heteroatoms. The van der Waals surface area contributed by atoms with E-state index in [4.69, 9.17) is 10.2 Å². The zero-order valence-corrected chi connectivity index (χ0v) is 11.1. The molecular weight excluding hydrogens is 258 g/mol. The van der Waals surface area contributed by atoms with Crippen LogP contribution < -0.4 is 11.4 Å². The monoisotopic (exact) mass is 273 g/mol. The average Bonchev–Trinajstić information content (AvgIpc) is 2.37. The molecule has 0 saturated carbocycles. The first-order chi connectivity index (χ1) is 9.47. The fraction of sp³-hybridized carbons (Fsp3) is 0.200. The van der Waals surface area contributed by atoms with Gasteiger partial charge in [0.25, 0.3) is 0 Å². The highest BCUT2D eigenvalue weighted by atomic mass is 16.4. The van der Waals surface area contributed by atoms with E-state index in [0.29, 0.717) is 12.1 Å². The first kappa shape index (κ1) is 13.9. The number of anilines is 1. The molecule has 2 aromatic rings. The number of aryl methyl sites for hydroxylation is 2. The number of hydrogen-bond donors (Lipinski definition) is 2. The molecule has 0 spiro atoms. The number of aromatic hydroxyl groups is 1. The van der Waals surface area contributed by atoms with Crippen LogP contribution >= 0.6 is 0 Å². The van der Waals surface area contributed by atoms with Gasteiger partial charge in [-0.3, -0.25) is 4.79 Å². The van der Waals surface area contributed by atoms with Crippen molar-refractivity contribution < 1.29 is 14.3 Å². The van der Waals surface area contributed by atoms with Crippen molar-refractivity contribution in [2.75, 3.05) is 5.73 Å². The summed E-state index contributed by atoms with van der Waals surface area (Å²) in [6, 6.07) is 8.40. The van der Waals surface area contributed by atoms with E-state index in [2.05, 4.69) is 0 Å². The summed E-state index contributed by atoms with van der Waals surface area (Å²) in [5.41, 5.74) is 6.07. The Kier molecular flexibility index (Phi) is 3.89. The average molecular weight is 273 g/mol. The third-order valence-electron chi connectivity index (χ3n) is 2.95. The molecule has 1 aromatic carbocycles. The second-order valence-electron chi connectivity index (χ2n) is 4.57. The van der Waals surface area contributed by atoms with Gasteiger partial charge in [-0.2, -0.15) is 0 Å². The molecule has 3 N–H and O–H groups in total. The number of carbonyl (C=O) groups is 1. The molecule has 0 saturated heterocycles. The zero-order chi connectivity index (χ0) is 14.7. The third-order valence-corrected chi connectivity index (χ3v) is 2.95. The highest BCUT2D eigenvalue weighted by Crippen LogP contribution is 2.17. The van der Waals surface area contributed by atoms with Gasteiger partial charge in [-0.05, 0) is 31.0 Å². The molecule has 0 fully saturated rings. The lowest BCUT2D eigenvalue weighted by Crippen LogP contribution is -2.15. The van der Waals surface area contributed by atoms with Crippen LogP contribution in [0.4, 0.5) is 5.69 Å². The normalized spacial score (nSPS) is 10.4. The highest BCUT2D eigenvalue weighted by molar-refractivity contribution is 5.98.